The van der Waals surface area contributed by atoms with Gasteiger partial charge in [-0.2, -0.15) is 0 Å². The number of Topliss-reactive ketones (excluding diaryl/α,β-unsaturated/α-hetero) is 1. The van der Waals surface area contributed by atoms with Crippen LogP contribution in [0.2, 0.25) is 0 Å². The molecule has 1 N–H and O–H groups in total. The highest BCUT2D eigenvalue weighted by Crippen LogP contribution is 2.19. The summed E-state index contributed by atoms with van der Waals surface area (Å²) >= 11 is 0. The molecule has 0 bridgehead atoms. The average molecular weight is 378 g/mol. The van der Waals surface area contributed by atoms with Crippen molar-refractivity contribution in [3.8, 4) is 0 Å². The number of hydrogen-bond donors (Lipinski definition) is 1. The summed E-state index contributed by atoms with van der Waals surface area (Å²) in [4.78, 5) is 23.8. The molecule has 0 radical (unpaired) electrons. The van der Waals surface area contributed by atoms with Crippen LogP contribution < -0.4 is 5.32 Å². The molecule has 3 nitrogen and oxygen atoms in total. The van der Waals surface area contributed by atoms with Crippen LogP contribution in [0, 0.1) is 5.92 Å². The van der Waals surface area contributed by atoms with E-state index in [1.54, 1.807) is 0 Å². The van der Waals surface area contributed by atoms with Crippen LogP contribution in [0.25, 0.3) is 0 Å². The molecular formula is C24H43NO2. The first-order chi connectivity index (χ1) is 13.2. The average Bonchev–Trinajstić information content (AvgIpc) is 2.89. The van der Waals surface area contributed by atoms with Gasteiger partial charge in [0.25, 0.3) is 0 Å². The Morgan fingerprint density at radius 3 is 2.19 bits per heavy atom. The number of carbonyl (C=O) groups excluding carboxylic acids is 2. The van der Waals surface area contributed by atoms with Crippen molar-refractivity contribution in [3.63, 3.8) is 0 Å². The molecule has 1 aliphatic heterocycles. The first-order valence-electron chi connectivity index (χ1n) is 11.7. The third-order valence-corrected chi connectivity index (χ3v) is 5.62. The second-order valence-electron chi connectivity index (χ2n) is 8.19. The zero-order valence-corrected chi connectivity index (χ0v) is 17.8. The van der Waals surface area contributed by atoms with E-state index in [0.29, 0.717) is 18.6 Å². The van der Waals surface area contributed by atoms with Gasteiger partial charge in [0, 0.05) is 25.3 Å². The van der Waals surface area contributed by atoms with Crippen LogP contribution in [0.5, 0.6) is 0 Å². The maximum absolute atomic E-state index is 12.2. The first-order valence-corrected chi connectivity index (χ1v) is 11.7. The van der Waals surface area contributed by atoms with Gasteiger partial charge in [0.2, 0.25) is 5.91 Å². The van der Waals surface area contributed by atoms with Crippen LogP contribution >= 0.6 is 0 Å². The summed E-state index contributed by atoms with van der Waals surface area (Å²) in [6.07, 6.45) is 24.2. The second kappa shape index (κ2) is 17.0. The van der Waals surface area contributed by atoms with Crippen molar-refractivity contribution >= 4 is 11.7 Å². The van der Waals surface area contributed by atoms with Crippen LogP contribution in [0.1, 0.15) is 116 Å². The van der Waals surface area contributed by atoms with Gasteiger partial charge < -0.3 is 5.32 Å². The highest BCUT2D eigenvalue weighted by molar-refractivity contribution is 5.87. The largest absolute Gasteiger partial charge is 0.356 e. The quantitative estimate of drug-likeness (QED) is 0.246. The fourth-order valence-corrected chi connectivity index (χ4v) is 3.82. The molecular weight excluding hydrogens is 334 g/mol. The van der Waals surface area contributed by atoms with E-state index >= 15 is 0 Å². The minimum absolute atomic E-state index is 0.0238. The number of amides is 1. The van der Waals surface area contributed by atoms with Gasteiger partial charge in [0.05, 0.1) is 0 Å². The number of ketones is 1. The molecule has 1 fully saturated rings. The van der Waals surface area contributed by atoms with Crippen molar-refractivity contribution in [1.82, 2.24) is 5.32 Å². The molecule has 0 aromatic heterocycles. The molecule has 1 amide bonds. The molecule has 1 atom stereocenters. The Balaban J connectivity index is 1.87. The van der Waals surface area contributed by atoms with Gasteiger partial charge in [-0.15, -0.1) is 0 Å². The van der Waals surface area contributed by atoms with Crippen molar-refractivity contribution in [2.24, 2.45) is 5.92 Å². The lowest BCUT2D eigenvalue weighted by atomic mass is 9.92. The Labute approximate surface area is 167 Å². The molecule has 0 aromatic rings. The van der Waals surface area contributed by atoms with Crippen molar-refractivity contribution in [2.75, 3.05) is 6.54 Å². The fraction of sp³-hybridized carbons (Fsp3) is 0.833. The minimum Gasteiger partial charge on any atom is -0.356 e. The van der Waals surface area contributed by atoms with E-state index in [1.165, 1.54) is 70.6 Å². The van der Waals surface area contributed by atoms with Gasteiger partial charge in [-0.1, -0.05) is 70.4 Å². The Bertz CT molecular complexity index is 417. The second-order valence-corrected chi connectivity index (χ2v) is 8.19. The number of rotatable bonds is 16. The highest BCUT2D eigenvalue weighted by atomic mass is 16.2. The summed E-state index contributed by atoms with van der Waals surface area (Å²) in [5.41, 5.74) is 0. The summed E-state index contributed by atoms with van der Waals surface area (Å²) in [7, 11) is 0. The molecule has 1 heterocycles. The predicted octanol–water partition coefficient (Wildman–Crippen LogP) is 6.51. The van der Waals surface area contributed by atoms with E-state index in [-0.39, 0.29) is 11.8 Å². The standard InChI is InChI=1S/C24H43NO2/c1-2-3-4-5-6-7-8-9-10-11-12-13-14-15-16-19-23(26)22-18-17-20-25-24(27)21-22/h9-10,22H,2-8,11-21H2,1H3,(H,25,27)/t22-/m1/s1. The zero-order chi connectivity index (χ0) is 19.6. The van der Waals surface area contributed by atoms with Gasteiger partial charge >= 0.3 is 0 Å². The summed E-state index contributed by atoms with van der Waals surface area (Å²) in [6.45, 7) is 3.00. The van der Waals surface area contributed by atoms with Gasteiger partial charge in [0.1, 0.15) is 5.78 Å². The number of hydrogen-bond acceptors (Lipinski definition) is 2. The summed E-state index contributed by atoms with van der Waals surface area (Å²) in [6, 6.07) is 0. The molecule has 0 aromatic carbocycles. The molecule has 1 saturated heterocycles. The lowest BCUT2D eigenvalue weighted by Gasteiger charge is -2.11. The van der Waals surface area contributed by atoms with Crippen molar-refractivity contribution < 1.29 is 9.59 Å². The van der Waals surface area contributed by atoms with Crippen LogP contribution in [0.4, 0.5) is 0 Å². The zero-order valence-electron chi connectivity index (χ0n) is 17.8. The van der Waals surface area contributed by atoms with E-state index in [0.717, 1.165) is 32.2 Å². The van der Waals surface area contributed by atoms with Crippen molar-refractivity contribution in [1.29, 1.82) is 0 Å². The molecule has 0 spiro atoms. The van der Waals surface area contributed by atoms with Crippen LogP contribution in [0.3, 0.4) is 0 Å². The smallest absolute Gasteiger partial charge is 0.220 e. The van der Waals surface area contributed by atoms with E-state index in [9.17, 15) is 9.59 Å². The SMILES string of the molecule is CCCCCCCCC=CCCCCCCCC(=O)[C@@H]1CCCNC(=O)C1. The predicted molar refractivity (Wildman–Crippen MR) is 115 cm³/mol. The monoisotopic (exact) mass is 377 g/mol. The molecule has 0 saturated carbocycles. The van der Waals surface area contributed by atoms with Crippen LogP contribution in [0.15, 0.2) is 12.2 Å². The minimum atomic E-state index is -0.0238. The highest BCUT2D eigenvalue weighted by Gasteiger charge is 2.23. The summed E-state index contributed by atoms with van der Waals surface area (Å²) < 4.78 is 0. The molecule has 156 valence electrons. The topological polar surface area (TPSA) is 46.2 Å². The number of carbonyl (C=O) groups is 2. The van der Waals surface area contributed by atoms with Gasteiger partial charge in [-0.3, -0.25) is 9.59 Å². The lowest BCUT2D eigenvalue weighted by molar-refractivity contribution is -0.128. The van der Waals surface area contributed by atoms with Gasteiger partial charge in [0.15, 0.2) is 0 Å². The molecule has 3 heteroatoms. The summed E-state index contributed by atoms with van der Waals surface area (Å²) in [5, 5.41) is 2.85. The third kappa shape index (κ3) is 13.7. The normalized spacial score (nSPS) is 17.8. The number of nitrogens with one attached hydrogen (secondary N) is 1. The van der Waals surface area contributed by atoms with Gasteiger partial charge in [-0.05, 0) is 44.9 Å². The third-order valence-electron chi connectivity index (χ3n) is 5.62. The lowest BCUT2D eigenvalue weighted by Crippen LogP contribution is -2.24. The van der Waals surface area contributed by atoms with E-state index in [1.807, 2.05) is 0 Å². The maximum Gasteiger partial charge on any atom is 0.220 e. The van der Waals surface area contributed by atoms with Crippen LogP contribution in [-0.4, -0.2) is 18.2 Å². The molecule has 27 heavy (non-hydrogen) atoms. The molecule has 0 aliphatic carbocycles. The molecule has 1 aliphatic rings. The van der Waals surface area contributed by atoms with Gasteiger partial charge in [-0.25, -0.2) is 0 Å². The Kier molecular flexibility index (Phi) is 15.1. The first kappa shape index (κ1) is 23.9. The van der Waals surface area contributed by atoms with E-state index < -0.39 is 0 Å². The fourth-order valence-electron chi connectivity index (χ4n) is 3.82. The molecule has 0 unspecified atom stereocenters. The molecule has 1 rings (SSSR count). The summed E-state index contributed by atoms with van der Waals surface area (Å²) in [5.74, 6) is 0.337. The van der Waals surface area contributed by atoms with E-state index in [2.05, 4.69) is 24.4 Å². The van der Waals surface area contributed by atoms with Crippen molar-refractivity contribution in [2.45, 2.75) is 116 Å². The Morgan fingerprint density at radius 1 is 0.926 bits per heavy atom. The van der Waals surface area contributed by atoms with E-state index in [4.69, 9.17) is 0 Å². The maximum atomic E-state index is 12.2. The van der Waals surface area contributed by atoms with Crippen molar-refractivity contribution in [3.05, 3.63) is 12.2 Å². The van der Waals surface area contributed by atoms with Crippen LogP contribution in [-0.2, 0) is 9.59 Å². The number of allylic oxidation sites excluding steroid dienone is 2. The number of unbranched alkanes of at least 4 members (excludes halogenated alkanes) is 11. The Hall–Kier alpha value is -1.12. The Morgan fingerprint density at radius 2 is 1.52 bits per heavy atom.